The molecule has 5 nitrogen and oxygen atoms in total. The fourth-order valence-corrected chi connectivity index (χ4v) is 5.83. The van der Waals surface area contributed by atoms with Crippen LogP contribution in [0.5, 0.6) is 0 Å². The first kappa shape index (κ1) is 25.0. The summed E-state index contributed by atoms with van der Waals surface area (Å²) >= 11 is 6.17. The summed E-state index contributed by atoms with van der Waals surface area (Å²) in [4.78, 5) is 13.1. The van der Waals surface area contributed by atoms with E-state index in [4.69, 9.17) is 11.6 Å². The Balaban J connectivity index is 1.95. The van der Waals surface area contributed by atoms with Gasteiger partial charge in [-0.05, 0) is 69.0 Å². The SMILES string of the molecule is Cc1ccc(CN(CC(=O)Nc2ccc(C)c(Cl)c2)S(=O)(=O)c2c(C)cc(C)cc2C)cc1. The van der Waals surface area contributed by atoms with Gasteiger partial charge in [0.25, 0.3) is 0 Å². The first-order chi connectivity index (χ1) is 15.5. The molecule has 0 aromatic heterocycles. The molecule has 174 valence electrons. The lowest BCUT2D eigenvalue weighted by Crippen LogP contribution is -2.38. The highest BCUT2D eigenvalue weighted by Gasteiger charge is 2.30. The number of rotatable bonds is 7. The predicted molar refractivity (Wildman–Crippen MR) is 134 cm³/mol. The second kappa shape index (κ2) is 10.1. The maximum Gasteiger partial charge on any atom is 0.244 e. The van der Waals surface area contributed by atoms with E-state index in [1.54, 1.807) is 32.0 Å². The number of sulfonamides is 1. The van der Waals surface area contributed by atoms with E-state index in [0.29, 0.717) is 21.8 Å². The van der Waals surface area contributed by atoms with Crippen LogP contribution in [0.1, 0.15) is 33.4 Å². The van der Waals surface area contributed by atoms with E-state index in [0.717, 1.165) is 22.3 Å². The molecule has 0 fully saturated rings. The number of hydrogen-bond donors (Lipinski definition) is 1. The first-order valence-electron chi connectivity index (χ1n) is 10.7. The van der Waals surface area contributed by atoms with E-state index in [1.807, 2.05) is 57.2 Å². The van der Waals surface area contributed by atoms with Crippen LogP contribution in [-0.4, -0.2) is 25.2 Å². The van der Waals surface area contributed by atoms with Gasteiger partial charge >= 0.3 is 0 Å². The quantitative estimate of drug-likeness (QED) is 0.467. The Kier molecular flexibility index (Phi) is 7.62. The zero-order valence-corrected chi connectivity index (χ0v) is 21.1. The van der Waals surface area contributed by atoms with Crippen molar-refractivity contribution >= 4 is 33.2 Å². The first-order valence-corrected chi connectivity index (χ1v) is 12.5. The molecule has 3 aromatic carbocycles. The Morgan fingerprint density at radius 2 is 1.45 bits per heavy atom. The van der Waals surface area contributed by atoms with Crippen LogP contribution in [0.2, 0.25) is 5.02 Å². The monoisotopic (exact) mass is 484 g/mol. The molecule has 0 aliphatic rings. The lowest BCUT2D eigenvalue weighted by molar-refractivity contribution is -0.116. The highest BCUT2D eigenvalue weighted by atomic mass is 35.5. The molecule has 7 heteroatoms. The summed E-state index contributed by atoms with van der Waals surface area (Å²) in [5, 5.41) is 3.30. The van der Waals surface area contributed by atoms with Crippen LogP contribution in [0.4, 0.5) is 5.69 Å². The third-order valence-electron chi connectivity index (χ3n) is 5.46. The Morgan fingerprint density at radius 1 is 0.848 bits per heavy atom. The van der Waals surface area contributed by atoms with E-state index in [1.165, 1.54) is 4.31 Å². The Bertz CT molecular complexity index is 1260. The van der Waals surface area contributed by atoms with Crippen molar-refractivity contribution in [2.45, 2.75) is 46.1 Å². The van der Waals surface area contributed by atoms with Crippen molar-refractivity contribution < 1.29 is 13.2 Å². The standard InChI is InChI=1S/C26H29ClN2O3S/c1-17-6-9-22(10-7-17)15-29(16-25(30)28-23-11-8-19(3)24(27)14-23)33(31,32)26-20(4)12-18(2)13-21(26)5/h6-14H,15-16H2,1-5H3,(H,28,30). The van der Waals surface area contributed by atoms with E-state index in [9.17, 15) is 13.2 Å². The fourth-order valence-electron chi connectivity index (χ4n) is 3.86. The molecule has 0 aliphatic heterocycles. The van der Waals surface area contributed by atoms with Crippen molar-refractivity contribution in [2.75, 3.05) is 11.9 Å². The molecule has 3 rings (SSSR count). The predicted octanol–water partition coefficient (Wildman–Crippen LogP) is 5.71. The molecule has 0 saturated heterocycles. The second-order valence-corrected chi connectivity index (χ2v) is 10.8. The van der Waals surface area contributed by atoms with Gasteiger partial charge in [-0.2, -0.15) is 4.31 Å². The summed E-state index contributed by atoms with van der Waals surface area (Å²) in [6, 6.07) is 16.5. The molecule has 1 N–H and O–H groups in total. The van der Waals surface area contributed by atoms with E-state index in [-0.39, 0.29) is 18.0 Å². The van der Waals surface area contributed by atoms with Crippen LogP contribution >= 0.6 is 11.6 Å². The third-order valence-corrected chi connectivity index (χ3v) is 7.96. The lowest BCUT2D eigenvalue weighted by Gasteiger charge is -2.24. The number of carbonyl (C=O) groups excluding carboxylic acids is 1. The number of aryl methyl sites for hydroxylation is 5. The highest BCUT2D eigenvalue weighted by Crippen LogP contribution is 2.27. The highest BCUT2D eigenvalue weighted by molar-refractivity contribution is 7.89. The van der Waals surface area contributed by atoms with Crippen LogP contribution < -0.4 is 5.32 Å². The van der Waals surface area contributed by atoms with Gasteiger partial charge in [-0.25, -0.2) is 8.42 Å². The van der Waals surface area contributed by atoms with Gasteiger partial charge in [0.2, 0.25) is 15.9 Å². The molecule has 0 spiro atoms. The van der Waals surface area contributed by atoms with Crippen molar-refractivity contribution in [1.82, 2.24) is 4.31 Å². The average Bonchev–Trinajstić information content (AvgIpc) is 2.71. The molecule has 33 heavy (non-hydrogen) atoms. The summed E-state index contributed by atoms with van der Waals surface area (Å²) in [7, 11) is -3.94. The second-order valence-electron chi connectivity index (χ2n) is 8.50. The molecule has 0 radical (unpaired) electrons. The minimum absolute atomic E-state index is 0.0808. The number of nitrogens with zero attached hydrogens (tertiary/aromatic N) is 1. The van der Waals surface area contributed by atoms with Gasteiger partial charge < -0.3 is 5.32 Å². The number of nitrogens with one attached hydrogen (secondary N) is 1. The zero-order chi connectivity index (χ0) is 24.3. The number of benzene rings is 3. The summed E-state index contributed by atoms with van der Waals surface area (Å²) < 4.78 is 28.8. The molecule has 1 amide bonds. The molecule has 0 heterocycles. The molecule has 0 aliphatic carbocycles. The van der Waals surface area contributed by atoms with Gasteiger partial charge in [-0.3, -0.25) is 4.79 Å². The Labute approximate surface area is 201 Å². The van der Waals surface area contributed by atoms with Gasteiger partial charge in [0.05, 0.1) is 11.4 Å². The number of hydrogen-bond acceptors (Lipinski definition) is 3. The van der Waals surface area contributed by atoms with Crippen molar-refractivity contribution in [3.05, 3.63) is 93.0 Å². The van der Waals surface area contributed by atoms with Crippen molar-refractivity contribution in [2.24, 2.45) is 0 Å². The van der Waals surface area contributed by atoms with Crippen LogP contribution in [0.15, 0.2) is 59.5 Å². The third kappa shape index (κ3) is 6.02. The smallest absolute Gasteiger partial charge is 0.244 e. The topological polar surface area (TPSA) is 66.5 Å². The van der Waals surface area contributed by atoms with Crippen LogP contribution in [0.25, 0.3) is 0 Å². The average molecular weight is 485 g/mol. The van der Waals surface area contributed by atoms with Gasteiger partial charge in [0.1, 0.15) is 0 Å². The Morgan fingerprint density at radius 3 is 2.03 bits per heavy atom. The number of carbonyl (C=O) groups is 1. The molecular formula is C26H29ClN2O3S. The van der Waals surface area contributed by atoms with E-state index < -0.39 is 15.9 Å². The summed E-state index contributed by atoms with van der Waals surface area (Å²) in [5.41, 5.74) is 5.60. The maximum absolute atomic E-state index is 13.8. The number of amides is 1. The number of anilines is 1. The molecule has 0 saturated carbocycles. The van der Waals surface area contributed by atoms with E-state index >= 15 is 0 Å². The normalized spacial score (nSPS) is 11.6. The van der Waals surface area contributed by atoms with Crippen LogP contribution in [-0.2, 0) is 21.4 Å². The minimum Gasteiger partial charge on any atom is -0.325 e. The lowest BCUT2D eigenvalue weighted by atomic mass is 10.1. The number of halogens is 1. The molecule has 0 atom stereocenters. The van der Waals surface area contributed by atoms with Crippen molar-refractivity contribution in [3.63, 3.8) is 0 Å². The molecule has 0 bridgehead atoms. The van der Waals surface area contributed by atoms with Crippen molar-refractivity contribution in [3.8, 4) is 0 Å². The van der Waals surface area contributed by atoms with Gasteiger partial charge in [-0.1, -0.05) is 65.2 Å². The molecule has 3 aromatic rings. The molecule has 0 unspecified atom stereocenters. The zero-order valence-electron chi connectivity index (χ0n) is 19.6. The summed E-state index contributed by atoms with van der Waals surface area (Å²) in [5.74, 6) is -0.437. The van der Waals surface area contributed by atoms with Crippen LogP contribution in [0.3, 0.4) is 0 Å². The largest absolute Gasteiger partial charge is 0.325 e. The summed E-state index contributed by atoms with van der Waals surface area (Å²) in [6.07, 6.45) is 0. The van der Waals surface area contributed by atoms with Crippen molar-refractivity contribution in [1.29, 1.82) is 0 Å². The van der Waals surface area contributed by atoms with Gasteiger partial charge in [0, 0.05) is 17.3 Å². The van der Waals surface area contributed by atoms with E-state index in [2.05, 4.69) is 5.32 Å². The summed E-state index contributed by atoms with van der Waals surface area (Å²) in [6.45, 7) is 9.09. The fraction of sp³-hybridized carbons (Fsp3) is 0.269. The minimum atomic E-state index is -3.94. The van der Waals surface area contributed by atoms with Gasteiger partial charge in [-0.15, -0.1) is 0 Å². The maximum atomic E-state index is 13.8. The van der Waals surface area contributed by atoms with Crippen LogP contribution in [0, 0.1) is 34.6 Å². The Hall–Kier alpha value is -2.67. The molecular weight excluding hydrogens is 456 g/mol. The van der Waals surface area contributed by atoms with Gasteiger partial charge in [0.15, 0.2) is 0 Å².